The highest BCUT2D eigenvalue weighted by molar-refractivity contribution is 6.60. The molecule has 0 saturated carbocycles. The lowest BCUT2D eigenvalue weighted by Crippen LogP contribution is -2.32. The molecule has 1 atom stereocenters. The predicted molar refractivity (Wildman–Crippen MR) is 95.6 cm³/mol. The minimum Gasteiger partial charge on any atom is -0.288 e. The van der Waals surface area contributed by atoms with Crippen LogP contribution in [0.15, 0.2) is 65.7 Å². The van der Waals surface area contributed by atoms with Crippen LogP contribution in [0.5, 0.6) is 0 Å². The number of carbonyl (C=O) groups is 3. The molecule has 2 aromatic rings. The van der Waals surface area contributed by atoms with Crippen LogP contribution in [0.25, 0.3) is 0 Å². The van der Waals surface area contributed by atoms with Crippen molar-refractivity contribution in [3.63, 3.8) is 0 Å². The van der Waals surface area contributed by atoms with Gasteiger partial charge < -0.3 is 0 Å². The summed E-state index contributed by atoms with van der Waals surface area (Å²) < 4.78 is 0. The summed E-state index contributed by atoms with van der Waals surface area (Å²) in [5.41, 5.74) is 1.45. The third-order valence-electron chi connectivity index (χ3n) is 4.01. The maximum absolute atomic E-state index is 12.9. The monoisotopic (exact) mass is 334 g/mol. The highest BCUT2D eigenvalue weighted by atomic mass is 16.2. The summed E-state index contributed by atoms with van der Waals surface area (Å²) in [5, 5.41) is 0. The number of ketones is 1. The van der Waals surface area contributed by atoms with Crippen LogP contribution < -0.4 is 4.90 Å². The van der Waals surface area contributed by atoms with Crippen molar-refractivity contribution in [3.05, 3.63) is 66.2 Å². The van der Waals surface area contributed by atoms with Crippen molar-refractivity contribution in [1.29, 1.82) is 0 Å². The number of anilines is 1. The molecule has 2 amide bonds. The van der Waals surface area contributed by atoms with Crippen molar-refractivity contribution in [1.82, 2.24) is 0 Å². The molecular formula is C20H18N2O3. The number of hydrogen-bond acceptors (Lipinski definition) is 4. The Morgan fingerprint density at radius 3 is 2.16 bits per heavy atom. The van der Waals surface area contributed by atoms with Crippen LogP contribution in [0.1, 0.15) is 18.9 Å². The minimum absolute atomic E-state index is 0.365. The molecule has 1 aliphatic rings. The van der Waals surface area contributed by atoms with Gasteiger partial charge in [-0.25, -0.2) is 4.90 Å². The van der Waals surface area contributed by atoms with E-state index in [9.17, 15) is 14.4 Å². The molecule has 0 spiro atoms. The Balaban J connectivity index is 2.04. The van der Waals surface area contributed by atoms with Crippen molar-refractivity contribution in [3.8, 4) is 0 Å². The van der Waals surface area contributed by atoms with Gasteiger partial charge in [-0.1, -0.05) is 55.5 Å². The van der Waals surface area contributed by atoms with Gasteiger partial charge >= 0.3 is 5.91 Å². The smallest absolute Gasteiger partial charge is 0.288 e. The lowest BCUT2D eigenvalue weighted by Gasteiger charge is -2.15. The van der Waals surface area contributed by atoms with E-state index in [4.69, 9.17) is 0 Å². The zero-order valence-corrected chi connectivity index (χ0v) is 13.9. The molecular weight excluding hydrogens is 316 g/mol. The molecule has 2 aromatic carbocycles. The largest absolute Gasteiger partial charge is 0.302 e. The van der Waals surface area contributed by atoms with Gasteiger partial charge in [-0.15, -0.1) is 0 Å². The Bertz CT molecular complexity index is 829. The first-order valence-electron chi connectivity index (χ1n) is 8.22. The molecule has 1 aliphatic heterocycles. The molecule has 1 fully saturated rings. The third kappa shape index (κ3) is 3.13. The zero-order chi connectivity index (χ0) is 17.8. The van der Waals surface area contributed by atoms with E-state index in [0.717, 1.165) is 11.3 Å². The summed E-state index contributed by atoms with van der Waals surface area (Å²) in [6, 6.07) is 17.6. The normalized spacial score (nSPS) is 18.1. The number of benzene rings is 2. The lowest BCUT2D eigenvalue weighted by molar-refractivity contribution is -0.134. The van der Waals surface area contributed by atoms with E-state index in [-0.39, 0.29) is 0 Å². The second kappa shape index (κ2) is 7.21. The van der Waals surface area contributed by atoms with Crippen LogP contribution in [0, 0.1) is 5.92 Å². The van der Waals surface area contributed by atoms with E-state index in [1.807, 2.05) is 25.1 Å². The van der Waals surface area contributed by atoms with Gasteiger partial charge in [0.2, 0.25) is 5.78 Å². The molecule has 0 aliphatic carbocycles. The fourth-order valence-electron chi connectivity index (χ4n) is 2.83. The van der Waals surface area contributed by atoms with Gasteiger partial charge in [0.1, 0.15) is 5.92 Å². The molecule has 126 valence electrons. The number of para-hydroxylation sites is 1. The lowest BCUT2D eigenvalue weighted by atomic mass is 9.94. The topological polar surface area (TPSA) is 66.8 Å². The Kier molecular flexibility index (Phi) is 4.84. The molecule has 1 unspecified atom stereocenters. The maximum atomic E-state index is 12.9. The second-order valence-electron chi connectivity index (χ2n) is 5.74. The number of aliphatic imine (C=N–C) groups is 1. The van der Waals surface area contributed by atoms with Crippen molar-refractivity contribution in [2.45, 2.75) is 13.3 Å². The molecule has 1 saturated heterocycles. The molecule has 3 rings (SSSR count). The number of rotatable bonds is 5. The van der Waals surface area contributed by atoms with Gasteiger partial charge in [0.05, 0.1) is 11.4 Å². The molecule has 0 aromatic heterocycles. The molecule has 0 bridgehead atoms. The number of amides is 2. The number of nitrogens with zero attached hydrogens (tertiary/aromatic N) is 2. The first-order valence-corrected chi connectivity index (χ1v) is 8.22. The Hall–Kier alpha value is -3.08. The molecule has 0 N–H and O–H groups in total. The average Bonchev–Trinajstić information content (AvgIpc) is 2.87. The summed E-state index contributed by atoms with van der Waals surface area (Å²) in [6.45, 7) is 2.45. The summed E-state index contributed by atoms with van der Waals surface area (Å²) >= 11 is 0. The molecule has 25 heavy (non-hydrogen) atoms. The van der Waals surface area contributed by atoms with Gasteiger partial charge in [-0.05, 0) is 24.1 Å². The van der Waals surface area contributed by atoms with Crippen molar-refractivity contribution in [2.75, 3.05) is 11.4 Å². The highest BCUT2D eigenvalue weighted by Crippen LogP contribution is 2.27. The van der Waals surface area contributed by atoms with Crippen LogP contribution in [-0.2, 0) is 14.4 Å². The minimum atomic E-state index is -1.18. The summed E-state index contributed by atoms with van der Waals surface area (Å²) in [6.07, 6.45) is 0.780. The van der Waals surface area contributed by atoms with Crippen LogP contribution in [0.4, 0.5) is 5.69 Å². The quantitative estimate of drug-likeness (QED) is 0.365. The predicted octanol–water partition coefficient (Wildman–Crippen LogP) is 2.64. The number of Topliss-reactive ketones (excluding diaryl/α,β-unsaturated/α-hetero) is 1. The van der Waals surface area contributed by atoms with Gasteiger partial charge in [-0.2, -0.15) is 0 Å². The standard InChI is InChI=1S/C20H18N2O3/c1-2-13-21-17(14-9-5-3-6-10-14)16-18(23)20(25)22(19(16)24)15-11-7-4-8-12-15/h3-12,16H,2,13H2,1H3. The number of hydrogen-bond donors (Lipinski definition) is 0. The van der Waals surface area contributed by atoms with Crippen LogP contribution >= 0.6 is 0 Å². The van der Waals surface area contributed by atoms with E-state index in [1.165, 1.54) is 0 Å². The van der Waals surface area contributed by atoms with Crippen LogP contribution in [0.2, 0.25) is 0 Å². The fourth-order valence-corrected chi connectivity index (χ4v) is 2.83. The zero-order valence-electron chi connectivity index (χ0n) is 13.9. The van der Waals surface area contributed by atoms with Crippen LogP contribution in [0.3, 0.4) is 0 Å². The van der Waals surface area contributed by atoms with Gasteiger partial charge in [0.15, 0.2) is 0 Å². The van der Waals surface area contributed by atoms with Crippen molar-refractivity contribution in [2.24, 2.45) is 10.9 Å². The summed E-state index contributed by atoms with van der Waals surface area (Å²) in [5.74, 6) is -3.25. The van der Waals surface area contributed by atoms with E-state index < -0.39 is 23.5 Å². The molecule has 5 nitrogen and oxygen atoms in total. The van der Waals surface area contributed by atoms with E-state index in [2.05, 4.69) is 4.99 Å². The second-order valence-corrected chi connectivity index (χ2v) is 5.74. The highest BCUT2D eigenvalue weighted by Gasteiger charge is 2.50. The molecule has 5 heteroatoms. The number of carbonyl (C=O) groups excluding carboxylic acids is 3. The number of imide groups is 1. The Morgan fingerprint density at radius 1 is 0.960 bits per heavy atom. The van der Waals surface area contributed by atoms with Gasteiger partial charge in [0.25, 0.3) is 5.91 Å². The van der Waals surface area contributed by atoms with E-state index in [1.54, 1.807) is 42.5 Å². The molecule has 0 radical (unpaired) electrons. The Morgan fingerprint density at radius 2 is 1.56 bits per heavy atom. The maximum Gasteiger partial charge on any atom is 0.302 e. The first-order chi connectivity index (χ1) is 12.1. The Labute approximate surface area is 146 Å². The van der Waals surface area contributed by atoms with Gasteiger partial charge in [0, 0.05) is 6.54 Å². The van der Waals surface area contributed by atoms with E-state index in [0.29, 0.717) is 23.5 Å². The fraction of sp³-hybridized carbons (Fsp3) is 0.200. The first kappa shape index (κ1) is 16.8. The van der Waals surface area contributed by atoms with E-state index >= 15 is 0 Å². The average molecular weight is 334 g/mol. The summed E-state index contributed by atoms with van der Waals surface area (Å²) in [7, 11) is 0. The van der Waals surface area contributed by atoms with Crippen LogP contribution in [-0.4, -0.2) is 29.9 Å². The van der Waals surface area contributed by atoms with Crippen molar-refractivity contribution >= 4 is 29.0 Å². The summed E-state index contributed by atoms with van der Waals surface area (Å²) in [4.78, 5) is 43.3. The van der Waals surface area contributed by atoms with Gasteiger partial charge in [-0.3, -0.25) is 19.4 Å². The molecule has 1 heterocycles. The third-order valence-corrected chi connectivity index (χ3v) is 4.01. The van der Waals surface area contributed by atoms with Crippen molar-refractivity contribution < 1.29 is 14.4 Å². The SMILES string of the molecule is CCCN=C(c1ccccc1)C1C(=O)C(=O)N(c2ccccc2)C1=O.